The Kier molecular flexibility index (Phi) is 5.65. The molecule has 0 saturated carbocycles. The highest BCUT2D eigenvalue weighted by molar-refractivity contribution is 9.09. The molecule has 0 aromatic heterocycles. The van der Waals surface area contributed by atoms with Crippen LogP contribution >= 0.6 is 15.9 Å². The van der Waals surface area contributed by atoms with Crippen LogP contribution in [0.3, 0.4) is 0 Å². The number of carbonyl (C=O) groups excluding carboxylic acids is 1. The lowest BCUT2D eigenvalue weighted by Gasteiger charge is -2.22. The van der Waals surface area contributed by atoms with Gasteiger partial charge in [0, 0.05) is 17.4 Å². The topological polar surface area (TPSA) is 20.3 Å². The van der Waals surface area contributed by atoms with E-state index in [-0.39, 0.29) is 12.1 Å². The third-order valence-electron chi connectivity index (χ3n) is 2.42. The summed E-state index contributed by atoms with van der Waals surface area (Å²) in [5, 5.41) is 0.408. The van der Waals surface area contributed by atoms with E-state index in [9.17, 15) is 18.0 Å². The Hall–Kier alpha value is -1.04. The van der Waals surface area contributed by atoms with Crippen molar-refractivity contribution in [1.82, 2.24) is 4.90 Å². The number of halogens is 4. The van der Waals surface area contributed by atoms with Crippen LogP contribution in [0.1, 0.15) is 15.9 Å². The van der Waals surface area contributed by atoms with E-state index in [0.717, 1.165) is 11.0 Å². The molecule has 0 aliphatic heterocycles. The first kappa shape index (κ1) is 15.0. The average molecular weight is 324 g/mol. The number of hydrogen-bond acceptors (Lipinski definition) is 1. The van der Waals surface area contributed by atoms with Crippen molar-refractivity contribution < 1.29 is 18.0 Å². The van der Waals surface area contributed by atoms with Gasteiger partial charge in [-0.05, 0) is 30.7 Å². The van der Waals surface area contributed by atoms with E-state index in [1.807, 2.05) is 0 Å². The third-order valence-corrected chi connectivity index (χ3v) is 2.77. The van der Waals surface area contributed by atoms with Crippen molar-refractivity contribution in [3.63, 3.8) is 0 Å². The van der Waals surface area contributed by atoms with Gasteiger partial charge in [-0.2, -0.15) is 0 Å². The van der Waals surface area contributed by atoms with Gasteiger partial charge in [0.1, 0.15) is 5.82 Å². The minimum atomic E-state index is -2.59. The summed E-state index contributed by atoms with van der Waals surface area (Å²) >= 11 is 3.11. The fraction of sp³-hybridized carbons (Fsp3) is 0.417. The number of alkyl halides is 3. The zero-order valence-electron chi connectivity index (χ0n) is 9.80. The van der Waals surface area contributed by atoms with E-state index in [2.05, 4.69) is 15.9 Å². The zero-order chi connectivity index (χ0) is 13.7. The van der Waals surface area contributed by atoms with Crippen LogP contribution in [-0.4, -0.2) is 35.7 Å². The molecule has 2 nitrogen and oxygen atoms in total. The fourth-order valence-corrected chi connectivity index (χ4v) is 2.01. The van der Waals surface area contributed by atoms with Gasteiger partial charge in [-0.15, -0.1) is 0 Å². The van der Waals surface area contributed by atoms with Gasteiger partial charge in [-0.3, -0.25) is 4.79 Å². The van der Waals surface area contributed by atoms with Gasteiger partial charge in [0.15, 0.2) is 0 Å². The number of hydrogen-bond donors (Lipinski definition) is 0. The second-order valence-corrected chi connectivity index (χ2v) is 4.58. The van der Waals surface area contributed by atoms with Gasteiger partial charge in [-0.1, -0.05) is 15.9 Å². The molecule has 1 aromatic rings. The molecule has 0 bridgehead atoms. The van der Waals surface area contributed by atoms with E-state index in [1.54, 1.807) is 6.92 Å². The number of aryl methyl sites for hydroxylation is 1. The van der Waals surface area contributed by atoms with Crippen LogP contribution in [-0.2, 0) is 0 Å². The molecule has 0 spiro atoms. The molecular formula is C12H13BrF3NO. The summed E-state index contributed by atoms with van der Waals surface area (Å²) in [7, 11) is 0. The van der Waals surface area contributed by atoms with Gasteiger partial charge in [-0.25, -0.2) is 13.2 Å². The molecule has 1 aromatic carbocycles. The summed E-state index contributed by atoms with van der Waals surface area (Å²) in [6.07, 6.45) is -2.59. The Balaban J connectivity index is 2.94. The van der Waals surface area contributed by atoms with Gasteiger partial charge in [0.2, 0.25) is 0 Å². The molecule has 0 aliphatic rings. The Morgan fingerprint density at radius 1 is 1.44 bits per heavy atom. The lowest BCUT2D eigenvalue weighted by molar-refractivity contribution is 0.0572. The van der Waals surface area contributed by atoms with Gasteiger partial charge in [0.25, 0.3) is 12.3 Å². The van der Waals surface area contributed by atoms with E-state index in [4.69, 9.17) is 0 Å². The predicted molar refractivity (Wildman–Crippen MR) is 66.8 cm³/mol. The standard InChI is InChI=1S/C12H13BrF3NO/c1-8-6-9(14)2-3-10(8)12(18)17(5-4-13)7-11(15)16/h2-3,6,11H,4-5,7H2,1H3. The molecule has 0 aliphatic carbocycles. The van der Waals surface area contributed by atoms with Crippen LogP contribution in [0, 0.1) is 12.7 Å². The van der Waals surface area contributed by atoms with Gasteiger partial charge < -0.3 is 4.90 Å². The highest BCUT2D eigenvalue weighted by Crippen LogP contribution is 2.14. The van der Waals surface area contributed by atoms with E-state index >= 15 is 0 Å². The number of benzene rings is 1. The minimum Gasteiger partial charge on any atom is -0.332 e. The first-order valence-corrected chi connectivity index (χ1v) is 6.47. The summed E-state index contributed by atoms with van der Waals surface area (Å²) < 4.78 is 37.7. The second kappa shape index (κ2) is 6.78. The molecule has 0 N–H and O–H groups in total. The number of amides is 1. The molecule has 0 saturated heterocycles. The monoisotopic (exact) mass is 323 g/mol. The maximum absolute atomic E-state index is 12.9. The number of carbonyl (C=O) groups is 1. The summed E-state index contributed by atoms with van der Waals surface area (Å²) in [6, 6.07) is 3.68. The van der Waals surface area contributed by atoms with Crippen LogP contribution in [0.25, 0.3) is 0 Å². The lowest BCUT2D eigenvalue weighted by Crippen LogP contribution is -2.36. The van der Waals surface area contributed by atoms with Crippen molar-refractivity contribution in [2.45, 2.75) is 13.3 Å². The summed E-state index contributed by atoms with van der Waals surface area (Å²) in [5.74, 6) is -0.961. The van der Waals surface area contributed by atoms with E-state index < -0.39 is 24.7 Å². The Bertz CT molecular complexity index is 426. The first-order chi connectivity index (χ1) is 8.45. The van der Waals surface area contributed by atoms with Crippen LogP contribution in [0.4, 0.5) is 13.2 Å². The van der Waals surface area contributed by atoms with Crippen LogP contribution < -0.4 is 0 Å². The van der Waals surface area contributed by atoms with Crippen LogP contribution in [0.5, 0.6) is 0 Å². The third kappa shape index (κ3) is 4.01. The highest BCUT2D eigenvalue weighted by Gasteiger charge is 2.20. The van der Waals surface area contributed by atoms with Crippen molar-refractivity contribution in [1.29, 1.82) is 0 Å². The largest absolute Gasteiger partial charge is 0.332 e. The van der Waals surface area contributed by atoms with Gasteiger partial charge >= 0.3 is 0 Å². The fourth-order valence-electron chi connectivity index (χ4n) is 1.58. The SMILES string of the molecule is Cc1cc(F)ccc1C(=O)N(CCBr)CC(F)F. The average Bonchev–Trinajstić information content (AvgIpc) is 2.27. The molecule has 0 radical (unpaired) electrons. The predicted octanol–water partition coefficient (Wildman–Crippen LogP) is 3.24. The van der Waals surface area contributed by atoms with Crippen molar-refractivity contribution in [2.75, 3.05) is 18.4 Å². The second-order valence-electron chi connectivity index (χ2n) is 3.79. The maximum Gasteiger partial charge on any atom is 0.255 e. The van der Waals surface area contributed by atoms with Crippen molar-refractivity contribution in [2.24, 2.45) is 0 Å². The van der Waals surface area contributed by atoms with Gasteiger partial charge in [0.05, 0.1) is 6.54 Å². The molecule has 1 rings (SSSR count). The van der Waals surface area contributed by atoms with Crippen LogP contribution in [0.2, 0.25) is 0 Å². The smallest absolute Gasteiger partial charge is 0.255 e. The molecule has 0 unspecified atom stereocenters. The minimum absolute atomic E-state index is 0.181. The Labute approximate surface area is 112 Å². The first-order valence-electron chi connectivity index (χ1n) is 5.35. The number of rotatable bonds is 5. The zero-order valence-corrected chi connectivity index (χ0v) is 11.4. The van der Waals surface area contributed by atoms with Crippen molar-refractivity contribution in [3.05, 3.63) is 35.1 Å². The highest BCUT2D eigenvalue weighted by atomic mass is 79.9. The molecule has 1 amide bonds. The molecular weight excluding hydrogens is 311 g/mol. The van der Waals surface area contributed by atoms with Crippen LogP contribution in [0.15, 0.2) is 18.2 Å². The maximum atomic E-state index is 12.9. The van der Waals surface area contributed by atoms with E-state index in [1.165, 1.54) is 12.1 Å². The van der Waals surface area contributed by atoms with E-state index in [0.29, 0.717) is 10.9 Å². The Morgan fingerprint density at radius 2 is 2.11 bits per heavy atom. The lowest BCUT2D eigenvalue weighted by atomic mass is 10.1. The van der Waals surface area contributed by atoms with Crippen molar-refractivity contribution in [3.8, 4) is 0 Å². The number of nitrogens with zero attached hydrogens (tertiary/aromatic N) is 1. The Morgan fingerprint density at radius 3 is 2.61 bits per heavy atom. The molecule has 0 fully saturated rings. The summed E-state index contributed by atoms with van der Waals surface area (Å²) in [4.78, 5) is 13.1. The molecule has 0 heterocycles. The molecule has 6 heteroatoms. The molecule has 100 valence electrons. The molecule has 18 heavy (non-hydrogen) atoms. The summed E-state index contributed by atoms with van der Waals surface area (Å²) in [6.45, 7) is 1.13. The quantitative estimate of drug-likeness (QED) is 0.762. The summed E-state index contributed by atoms with van der Waals surface area (Å²) in [5.41, 5.74) is 0.687. The molecule has 0 atom stereocenters. The van der Waals surface area contributed by atoms with Crippen molar-refractivity contribution >= 4 is 21.8 Å². The normalized spacial score (nSPS) is 10.8.